The molecule has 1 saturated heterocycles. The highest BCUT2D eigenvalue weighted by Gasteiger charge is 2.67. The zero-order chi connectivity index (χ0) is 22.6. The maximum atomic E-state index is 13.2. The van der Waals surface area contributed by atoms with Gasteiger partial charge in [-0.2, -0.15) is 0 Å². The van der Waals surface area contributed by atoms with Gasteiger partial charge in [-0.05, 0) is 12.1 Å². The molecular formula is C19H22N2O9S. The Labute approximate surface area is 181 Å². The van der Waals surface area contributed by atoms with Gasteiger partial charge in [0, 0.05) is 25.4 Å². The van der Waals surface area contributed by atoms with Gasteiger partial charge in [-0.3, -0.25) is 19.3 Å². The fourth-order valence-electron chi connectivity index (χ4n) is 3.28. The third-order valence-corrected chi connectivity index (χ3v) is 5.99. The monoisotopic (exact) mass is 454 g/mol. The van der Waals surface area contributed by atoms with E-state index in [4.69, 9.17) is 18.6 Å². The smallest absolute Gasteiger partial charge is 0.352 e. The lowest BCUT2D eigenvalue weighted by molar-refractivity contribution is -0.200. The molecule has 0 aromatic carbocycles. The number of aliphatic carboxylic acids is 1. The van der Waals surface area contributed by atoms with Gasteiger partial charge in [-0.1, -0.05) is 0 Å². The minimum atomic E-state index is -1.75. The predicted octanol–water partition coefficient (Wildman–Crippen LogP) is 0.115. The molecule has 2 aliphatic heterocycles. The molecule has 0 bridgehead atoms. The van der Waals surface area contributed by atoms with Gasteiger partial charge in [0.15, 0.2) is 0 Å². The van der Waals surface area contributed by atoms with E-state index in [0.29, 0.717) is 5.76 Å². The van der Waals surface area contributed by atoms with Gasteiger partial charge in [0.05, 0.1) is 25.9 Å². The first kappa shape index (κ1) is 22.8. The molecule has 12 heteroatoms. The molecule has 2 N–H and O–H groups in total. The zero-order valence-corrected chi connectivity index (χ0v) is 17.7. The number of amides is 2. The standard InChI is InChI=1S/C19H22N2O9S/c1-11(22)29-9-12-10-31-18-19(30-7-6-27-2,17(26)21(18)15(12)16(24)25)20-14(23)8-13-4-3-5-28-13/h3-5,18H,6-10H2,1-2H3,(H,20,23)(H,24,25)/t18-,19?/m1/s1. The highest BCUT2D eigenvalue weighted by atomic mass is 32.2. The van der Waals surface area contributed by atoms with Crippen molar-refractivity contribution in [2.24, 2.45) is 0 Å². The van der Waals surface area contributed by atoms with Gasteiger partial charge in [-0.25, -0.2) is 4.79 Å². The molecule has 3 rings (SSSR count). The third-order valence-electron chi connectivity index (χ3n) is 4.62. The van der Waals surface area contributed by atoms with E-state index in [9.17, 15) is 24.3 Å². The molecule has 0 saturated carbocycles. The van der Waals surface area contributed by atoms with E-state index in [2.05, 4.69) is 5.32 Å². The van der Waals surface area contributed by atoms with E-state index in [1.165, 1.54) is 32.1 Å². The van der Waals surface area contributed by atoms with E-state index in [1.54, 1.807) is 12.1 Å². The Morgan fingerprint density at radius 3 is 2.77 bits per heavy atom. The maximum Gasteiger partial charge on any atom is 0.352 e. The summed E-state index contributed by atoms with van der Waals surface area (Å²) in [4.78, 5) is 49.8. The molecule has 2 aliphatic rings. The summed E-state index contributed by atoms with van der Waals surface area (Å²) in [6, 6.07) is 3.25. The van der Waals surface area contributed by atoms with Crippen LogP contribution in [0.15, 0.2) is 34.1 Å². The van der Waals surface area contributed by atoms with Gasteiger partial charge in [-0.15, -0.1) is 11.8 Å². The van der Waals surface area contributed by atoms with Crippen LogP contribution in [-0.2, 0) is 39.8 Å². The van der Waals surface area contributed by atoms with Crippen LogP contribution in [0.1, 0.15) is 12.7 Å². The quantitative estimate of drug-likeness (QED) is 0.216. The fourth-order valence-corrected chi connectivity index (χ4v) is 4.67. The Bertz CT molecular complexity index is 898. The SMILES string of the molecule is COCCOC1(NC(=O)Cc2ccco2)C(=O)N2C(C(=O)O)=C(COC(C)=O)CS[C@@H]21. The second-order valence-electron chi connectivity index (χ2n) is 6.76. The number of hydrogen-bond donors (Lipinski definition) is 2. The summed E-state index contributed by atoms with van der Waals surface area (Å²) in [5, 5.41) is 11.5. The number of rotatable bonds is 10. The molecular weight excluding hydrogens is 432 g/mol. The summed E-state index contributed by atoms with van der Waals surface area (Å²) in [5.74, 6) is -2.58. The average Bonchev–Trinajstić information content (AvgIpc) is 3.23. The van der Waals surface area contributed by atoms with Crippen molar-refractivity contribution in [2.75, 3.05) is 32.7 Å². The minimum Gasteiger partial charge on any atom is -0.477 e. The van der Waals surface area contributed by atoms with Crippen LogP contribution in [0.5, 0.6) is 0 Å². The second-order valence-corrected chi connectivity index (χ2v) is 7.83. The van der Waals surface area contributed by atoms with Crippen LogP contribution in [0.4, 0.5) is 0 Å². The number of β-lactam (4-membered cyclic amide) rings is 1. The highest BCUT2D eigenvalue weighted by molar-refractivity contribution is 8.00. The van der Waals surface area contributed by atoms with Gasteiger partial charge < -0.3 is 29.1 Å². The normalized spacial score (nSPS) is 22.6. The lowest BCUT2D eigenvalue weighted by Crippen LogP contribution is -2.81. The number of nitrogens with zero attached hydrogens (tertiary/aromatic N) is 1. The third kappa shape index (κ3) is 4.60. The van der Waals surface area contributed by atoms with Crippen molar-refractivity contribution in [3.8, 4) is 0 Å². The molecule has 3 heterocycles. The zero-order valence-electron chi connectivity index (χ0n) is 16.9. The lowest BCUT2D eigenvalue weighted by atomic mass is 9.97. The number of nitrogens with one attached hydrogen (secondary N) is 1. The van der Waals surface area contributed by atoms with E-state index < -0.39 is 34.9 Å². The first-order chi connectivity index (χ1) is 14.8. The van der Waals surface area contributed by atoms with Crippen molar-refractivity contribution >= 4 is 35.5 Å². The van der Waals surface area contributed by atoms with Crippen molar-refractivity contribution in [1.29, 1.82) is 0 Å². The van der Waals surface area contributed by atoms with Crippen molar-refractivity contribution in [2.45, 2.75) is 24.4 Å². The largest absolute Gasteiger partial charge is 0.477 e. The Kier molecular flexibility index (Phi) is 7.03. The van der Waals surface area contributed by atoms with Crippen molar-refractivity contribution in [3.63, 3.8) is 0 Å². The molecule has 0 spiro atoms. The number of methoxy groups -OCH3 is 1. The molecule has 1 aromatic heterocycles. The first-order valence-corrected chi connectivity index (χ1v) is 10.3. The molecule has 11 nitrogen and oxygen atoms in total. The van der Waals surface area contributed by atoms with Crippen LogP contribution in [-0.4, -0.2) is 77.5 Å². The predicted molar refractivity (Wildman–Crippen MR) is 106 cm³/mol. The van der Waals surface area contributed by atoms with E-state index in [-0.39, 0.29) is 43.3 Å². The number of thioether (sulfide) groups is 1. The molecule has 31 heavy (non-hydrogen) atoms. The van der Waals surface area contributed by atoms with E-state index >= 15 is 0 Å². The Morgan fingerprint density at radius 2 is 2.16 bits per heavy atom. The van der Waals surface area contributed by atoms with Crippen LogP contribution in [0, 0.1) is 0 Å². The maximum absolute atomic E-state index is 13.2. The molecule has 1 fully saturated rings. The van der Waals surface area contributed by atoms with Crippen LogP contribution in [0.25, 0.3) is 0 Å². The first-order valence-electron chi connectivity index (χ1n) is 9.30. The number of carboxylic acids is 1. The summed E-state index contributed by atoms with van der Waals surface area (Å²) >= 11 is 1.20. The molecule has 0 aliphatic carbocycles. The summed E-state index contributed by atoms with van der Waals surface area (Å²) in [7, 11) is 1.46. The number of carbonyl (C=O) groups excluding carboxylic acids is 3. The van der Waals surface area contributed by atoms with Crippen LogP contribution in [0.2, 0.25) is 0 Å². The topological polar surface area (TPSA) is 145 Å². The Balaban J connectivity index is 1.85. The molecule has 0 radical (unpaired) electrons. The number of carboxylic acid groups (broad SMARTS) is 1. The van der Waals surface area contributed by atoms with E-state index in [0.717, 1.165) is 4.90 Å². The van der Waals surface area contributed by atoms with Crippen LogP contribution < -0.4 is 5.32 Å². The summed E-state index contributed by atoms with van der Waals surface area (Å²) in [6.45, 7) is 1.13. The fraction of sp³-hybridized carbons (Fsp3) is 0.474. The summed E-state index contributed by atoms with van der Waals surface area (Å²) < 4.78 is 20.8. The number of fused-ring (bicyclic) bond motifs is 1. The molecule has 2 amide bonds. The number of ether oxygens (including phenoxy) is 3. The van der Waals surface area contributed by atoms with Gasteiger partial charge >= 0.3 is 11.9 Å². The Hall–Kier alpha value is -2.83. The number of hydrogen-bond acceptors (Lipinski definition) is 9. The highest BCUT2D eigenvalue weighted by Crippen LogP contribution is 2.47. The van der Waals surface area contributed by atoms with E-state index in [1.807, 2.05) is 0 Å². The molecule has 1 aromatic rings. The number of esters is 1. The number of carbonyl (C=O) groups is 4. The molecule has 2 atom stereocenters. The average molecular weight is 454 g/mol. The molecule has 168 valence electrons. The van der Waals surface area contributed by atoms with Crippen LogP contribution >= 0.6 is 11.8 Å². The Morgan fingerprint density at radius 1 is 1.39 bits per heavy atom. The van der Waals surface area contributed by atoms with Crippen molar-refractivity contribution < 1.29 is 42.9 Å². The minimum absolute atomic E-state index is 0.000591. The summed E-state index contributed by atoms with van der Waals surface area (Å²) in [5.41, 5.74) is -1.74. The van der Waals surface area contributed by atoms with Crippen molar-refractivity contribution in [1.82, 2.24) is 10.2 Å². The van der Waals surface area contributed by atoms with Crippen LogP contribution in [0.3, 0.4) is 0 Å². The second kappa shape index (κ2) is 9.54. The van der Waals surface area contributed by atoms with Gasteiger partial charge in [0.1, 0.15) is 23.4 Å². The lowest BCUT2D eigenvalue weighted by Gasteiger charge is -2.56. The van der Waals surface area contributed by atoms with Crippen molar-refractivity contribution in [3.05, 3.63) is 35.4 Å². The summed E-state index contributed by atoms with van der Waals surface area (Å²) in [6.07, 6.45) is 1.31. The number of furan rings is 1. The van der Waals surface area contributed by atoms with Gasteiger partial charge in [0.2, 0.25) is 5.91 Å². The molecule has 1 unspecified atom stereocenters. The van der Waals surface area contributed by atoms with Gasteiger partial charge in [0.25, 0.3) is 11.6 Å².